The molecule has 0 saturated carbocycles. The lowest BCUT2D eigenvalue weighted by Gasteiger charge is -2.25. The van der Waals surface area contributed by atoms with Crippen LogP contribution in [-0.2, 0) is 38.4 Å². The Kier molecular flexibility index (Phi) is 10.3. The molecule has 0 aliphatic carbocycles. The lowest BCUT2D eigenvalue weighted by molar-refractivity contribution is -0.141. The summed E-state index contributed by atoms with van der Waals surface area (Å²) in [6.45, 7) is 0. The van der Waals surface area contributed by atoms with Gasteiger partial charge in [-0.25, -0.2) is 9.78 Å². The first kappa shape index (κ1) is 30.3. The second-order valence-corrected chi connectivity index (χ2v) is 10.2. The summed E-state index contributed by atoms with van der Waals surface area (Å²) in [6.07, 6.45) is 5.07. The standard InChI is InChI=1S/C29H33N7O5S/c30-21(10-17-6-2-1-3-7-17)26(37)34-24(12-19-14-31-16-33-19)28(39)35-23(27(38)36-25(15-42)29(40)41)11-18-13-32-22-9-5-4-8-20(18)22/h1-9,13-14,16,21,23-25,32,42H,10-12,15,30H2,(H,31,33)(H,34,37)(H,35,39)(H,36,38)(H,40,41). The number of imidazole rings is 1. The predicted octanol–water partition coefficient (Wildman–Crippen LogP) is 0.715. The molecule has 12 nitrogen and oxygen atoms in total. The summed E-state index contributed by atoms with van der Waals surface area (Å²) in [6, 6.07) is 12.2. The summed E-state index contributed by atoms with van der Waals surface area (Å²) in [7, 11) is 0. The van der Waals surface area contributed by atoms with Crippen LogP contribution < -0.4 is 21.7 Å². The van der Waals surface area contributed by atoms with Gasteiger partial charge in [0.05, 0.1) is 12.4 Å². The van der Waals surface area contributed by atoms with Gasteiger partial charge in [0.1, 0.15) is 18.1 Å². The van der Waals surface area contributed by atoms with E-state index in [-0.39, 0.29) is 25.0 Å². The molecule has 4 atom stereocenters. The van der Waals surface area contributed by atoms with E-state index in [4.69, 9.17) is 5.73 Å². The summed E-state index contributed by atoms with van der Waals surface area (Å²) in [5, 5.41) is 18.2. The van der Waals surface area contributed by atoms with Crippen molar-refractivity contribution >= 4 is 47.2 Å². The third-order valence-electron chi connectivity index (χ3n) is 6.78. The highest BCUT2D eigenvalue weighted by Gasteiger charge is 2.31. The van der Waals surface area contributed by atoms with Gasteiger partial charge in [-0.05, 0) is 23.6 Å². The van der Waals surface area contributed by atoms with E-state index in [1.807, 2.05) is 54.6 Å². The summed E-state index contributed by atoms with van der Waals surface area (Å²) in [4.78, 5) is 61.7. The number of hydrogen-bond donors (Lipinski definition) is 8. The summed E-state index contributed by atoms with van der Waals surface area (Å²) < 4.78 is 0. The van der Waals surface area contributed by atoms with Crippen LogP contribution in [0.15, 0.2) is 73.3 Å². The van der Waals surface area contributed by atoms with Gasteiger partial charge >= 0.3 is 5.97 Å². The van der Waals surface area contributed by atoms with Crippen molar-refractivity contribution in [3.8, 4) is 0 Å². The molecule has 3 amide bonds. The molecule has 4 aromatic rings. The number of carboxylic acid groups (broad SMARTS) is 1. The third-order valence-corrected chi connectivity index (χ3v) is 7.14. The maximum absolute atomic E-state index is 13.7. The molecule has 8 N–H and O–H groups in total. The lowest BCUT2D eigenvalue weighted by Crippen LogP contribution is -2.58. The topological polar surface area (TPSA) is 195 Å². The van der Waals surface area contributed by atoms with Crippen molar-refractivity contribution in [3.63, 3.8) is 0 Å². The van der Waals surface area contributed by atoms with Gasteiger partial charge in [0, 0.05) is 47.6 Å². The highest BCUT2D eigenvalue weighted by molar-refractivity contribution is 7.80. The fourth-order valence-corrected chi connectivity index (χ4v) is 4.77. The number of nitrogens with zero attached hydrogens (tertiary/aromatic N) is 1. The quantitative estimate of drug-likeness (QED) is 0.0989. The largest absolute Gasteiger partial charge is 0.480 e. The minimum Gasteiger partial charge on any atom is -0.480 e. The maximum atomic E-state index is 13.7. The Labute approximate surface area is 247 Å². The van der Waals surface area contributed by atoms with Crippen molar-refractivity contribution in [1.82, 2.24) is 30.9 Å². The number of carbonyl (C=O) groups excluding carboxylic acids is 3. The van der Waals surface area contributed by atoms with Gasteiger partial charge in [-0.3, -0.25) is 14.4 Å². The number of fused-ring (bicyclic) bond motifs is 1. The number of nitrogens with one attached hydrogen (secondary N) is 5. The number of thiol groups is 1. The van der Waals surface area contributed by atoms with Crippen molar-refractivity contribution in [2.75, 3.05) is 5.75 Å². The number of carboxylic acids is 1. The van der Waals surface area contributed by atoms with E-state index in [1.165, 1.54) is 12.5 Å². The number of nitrogens with two attached hydrogens (primary N) is 1. The van der Waals surface area contributed by atoms with Crippen LogP contribution in [-0.4, -0.2) is 73.7 Å². The fraction of sp³-hybridized carbons (Fsp3) is 0.276. The number of para-hydroxylation sites is 1. The Morgan fingerprint density at radius 1 is 0.833 bits per heavy atom. The molecule has 0 radical (unpaired) electrons. The Balaban J connectivity index is 1.55. The number of aliphatic carboxylic acids is 1. The molecule has 2 aromatic heterocycles. The van der Waals surface area contributed by atoms with Gasteiger partial charge in [-0.1, -0.05) is 48.5 Å². The number of H-pyrrole nitrogens is 2. The Bertz CT molecular complexity index is 1510. The average Bonchev–Trinajstić information content (AvgIpc) is 3.65. The number of hydrogen-bond acceptors (Lipinski definition) is 7. The molecule has 0 aliphatic heterocycles. The molecule has 2 heterocycles. The Hall–Kier alpha value is -4.62. The van der Waals surface area contributed by atoms with Crippen molar-refractivity contribution in [1.29, 1.82) is 0 Å². The van der Waals surface area contributed by atoms with E-state index in [0.29, 0.717) is 5.69 Å². The number of benzene rings is 2. The first-order chi connectivity index (χ1) is 20.2. The van der Waals surface area contributed by atoms with Gasteiger partial charge in [0.15, 0.2) is 0 Å². The van der Waals surface area contributed by atoms with Crippen LogP contribution >= 0.6 is 12.6 Å². The van der Waals surface area contributed by atoms with E-state index >= 15 is 0 Å². The van der Waals surface area contributed by atoms with Gasteiger partial charge in [0.2, 0.25) is 17.7 Å². The monoisotopic (exact) mass is 591 g/mol. The van der Waals surface area contributed by atoms with Crippen LogP contribution in [0.25, 0.3) is 10.9 Å². The van der Waals surface area contributed by atoms with E-state index in [9.17, 15) is 24.3 Å². The highest BCUT2D eigenvalue weighted by atomic mass is 32.1. The summed E-state index contributed by atoms with van der Waals surface area (Å²) in [5.74, 6) is -3.30. The second-order valence-electron chi connectivity index (χ2n) is 9.85. The lowest BCUT2D eigenvalue weighted by atomic mass is 10.0. The van der Waals surface area contributed by atoms with Crippen LogP contribution in [0.3, 0.4) is 0 Å². The normalized spacial score (nSPS) is 14.0. The van der Waals surface area contributed by atoms with E-state index in [2.05, 4.69) is 43.5 Å². The molecule has 2 aromatic carbocycles. The first-order valence-electron chi connectivity index (χ1n) is 13.3. The molecule has 0 aliphatic rings. The smallest absolute Gasteiger partial charge is 0.327 e. The molecule has 13 heteroatoms. The van der Waals surface area contributed by atoms with Gasteiger partial charge in [0.25, 0.3) is 0 Å². The first-order valence-corrected chi connectivity index (χ1v) is 13.9. The van der Waals surface area contributed by atoms with Crippen molar-refractivity contribution < 1.29 is 24.3 Å². The zero-order valence-corrected chi connectivity index (χ0v) is 23.5. The minimum absolute atomic E-state index is 0.0471. The van der Waals surface area contributed by atoms with Gasteiger partial charge < -0.3 is 36.8 Å². The fourth-order valence-electron chi connectivity index (χ4n) is 4.52. The number of rotatable bonds is 14. The highest BCUT2D eigenvalue weighted by Crippen LogP contribution is 2.19. The Morgan fingerprint density at radius 3 is 2.14 bits per heavy atom. The van der Waals surface area contributed by atoms with E-state index in [1.54, 1.807) is 6.20 Å². The molecule has 0 saturated heterocycles. The number of amides is 3. The maximum Gasteiger partial charge on any atom is 0.327 e. The van der Waals surface area contributed by atoms with Gasteiger partial charge in [-0.15, -0.1) is 0 Å². The molecule has 0 fully saturated rings. The molecule has 0 spiro atoms. The number of aromatic nitrogens is 3. The second kappa shape index (κ2) is 14.3. The number of carbonyl (C=O) groups is 4. The van der Waals surface area contributed by atoms with Crippen LogP contribution in [0.2, 0.25) is 0 Å². The SMILES string of the molecule is NC(Cc1ccccc1)C(=O)NC(Cc1cnc[nH]1)C(=O)NC(Cc1c[nH]c2ccccc12)C(=O)NC(CS)C(=O)O. The summed E-state index contributed by atoms with van der Waals surface area (Å²) in [5.41, 5.74) is 9.19. The molecular formula is C29H33N7O5S. The third kappa shape index (κ3) is 7.98. The Morgan fingerprint density at radius 2 is 1.48 bits per heavy atom. The van der Waals surface area contributed by atoms with Crippen LogP contribution in [0.4, 0.5) is 0 Å². The molecule has 0 bridgehead atoms. The van der Waals surface area contributed by atoms with Crippen LogP contribution in [0.1, 0.15) is 16.8 Å². The van der Waals surface area contributed by atoms with Crippen LogP contribution in [0, 0.1) is 0 Å². The molecule has 42 heavy (non-hydrogen) atoms. The molecular weight excluding hydrogens is 558 g/mol. The predicted molar refractivity (Wildman–Crippen MR) is 160 cm³/mol. The minimum atomic E-state index is -1.26. The average molecular weight is 592 g/mol. The van der Waals surface area contributed by atoms with Crippen molar-refractivity contribution in [2.45, 2.75) is 43.4 Å². The zero-order valence-electron chi connectivity index (χ0n) is 22.6. The number of aromatic amines is 2. The van der Waals surface area contributed by atoms with E-state index in [0.717, 1.165) is 22.0 Å². The molecule has 4 rings (SSSR count). The van der Waals surface area contributed by atoms with Crippen LogP contribution in [0.5, 0.6) is 0 Å². The van der Waals surface area contributed by atoms with Gasteiger partial charge in [-0.2, -0.15) is 12.6 Å². The molecule has 4 unspecified atom stereocenters. The zero-order chi connectivity index (χ0) is 30.1. The van der Waals surface area contributed by atoms with Crippen molar-refractivity contribution in [2.24, 2.45) is 5.73 Å². The van der Waals surface area contributed by atoms with E-state index < -0.39 is 47.9 Å². The molecule has 220 valence electrons. The van der Waals surface area contributed by atoms with Crippen molar-refractivity contribution in [3.05, 3.63) is 90.1 Å². The summed E-state index contributed by atoms with van der Waals surface area (Å²) >= 11 is 4.02.